The van der Waals surface area contributed by atoms with Crippen LogP contribution in [0.25, 0.3) is 0 Å². The normalized spacial score (nSPS) is 10.1. The third-order valence-corrected chi connectivity index (χ3v) is 2.52. The molecule has 2 aromatic rings. The van der Waals surface area contributed by atoms with Gasteiger partial charge >= 0.3 is 0 Å². The number of aromatic nitrogens is 1. The quantitative estimate of drug-likeness (QED) is 0.876. The summed E-state index contributed by atoms with van der Waals surface area (Å²) in [4.78, 5) is 6.14. The number of rotatable bonds is 5. The van der Waals surface area contributed by atoms with E-state index in [4.69, 9.17) is 9.84 Å². The number of para-hydroxylation sites is 1. The van der Waals surface area contributed by atoms with E-state index in [9.17, 15) is 0 Å². The highest BCUT2D eigenvalue weighted by Gasteiger charge is 2.09. The molecule has 4 nitrogen and oxygen atoms in total. The maximum Gasteiger partial charge on any atom is 0.171 e. The zero-order chi connectivity index (χ0) is 12.8. The Morgan fingerprint density at radius 1 is 1.17 bits per heavy atom. The second-order valence-electron chi connectivity index (χ2n) is 3.89. The van der Waals surface area contributed by atoms with E-state index < -0.39 is 0 Å². The molecule has 0 aliphatic heterocycles. The van der Waals surface area contributed by atoms with Crippen molar-refractivity contribution in [3.63, 3.8) is 0 Å². The molecule has 1 N–H and O–H groups in total. The molecule has 0 radical (unpaired) electrons. The smallest absolute Gasteiger partial charge is 0.171 e. The predicted octanol–water partition coefficient (Wildman–Crippen LogP) is 2.30. The van der Waals surface area contributed by atoms with Crippen molar-refractivity contribution < 1.29 is 9.84 Å². The van der Waals surface area contributed by atoms with Crippen molar-refractivity contribution in [3.05, 3.63) is 48.7 Å². The van der Waals surface area contributed by atoms with Crippen LogP contribution in [-0.2, 0) is 0 Å². The van der Waals surface area contributed by atoms with Gasteiger partial charge in [-0.2, -0.15) is 0 Å². The minimum absolute atomic E-state index is 0.0812. The van der Waals surface area contributed by atoms with Crippen LogP contribution in [0.1, 0.15) is 0 Å². The number of benzene rings is 1. The van der Waals surface area contributed by atoms with Crippen LogP contribution >= 0.6 is 0 Å². The standard InChI is InChI=1S/C14H16N2O2/c1-16(10-11-17)14-13(8-5-9-15-14)18-12-6-3-2-4-7-12/h2-9,17H,10-11H2,1H3. The molecule has 0 saturated heterocycles. The summed E-state index contributed by atoms with van der Waals surface area (Å²) in [5, 5.41) is 8.97. The number of ether oxygens (including phenoxy) is 1. The van der Waals surface area contributed by atoms with Crippen LogP contribution < -0.4 is 9.64 Å². The molecular weight excluding hydrogens is 228 g/mol. The molecule has 0 fully saturated rings. The van der Waals surface area contributed by atoms with Gasteiger partial charge in [0.1, 0.15) is 5.75 Å². The Morgan fingerprint density at radius 2 is 1.94 bits per heavy atom. The first kappa shape index (κ1) is 12.4. The molecule has 0 spiro atoms. The molecule has 1 aromatic carbocycles. The van der Waals surface area contributed by atoms with Gasteiger partial charge in [-0.05, 0) is 24.3 Å². The Bertz CT molecular complexity index is 488. The van der Waals surface area contributed by atoms with E-state index in [1.165, 1.54) is 0 Å². The van der Waals surface area contributed by atoms with E-state index in [1.54, 1.807) is 6.20 Å². The Kier molecular flexibility index (Phi) is 4.15. The zero-order valence-electron chi connectivity index (χ0n) is 10.3. The predicted molar refractivity (Wildman–Crippen MR) is 71.1 cm³/mol. The average Bonchev–Trinajstić information content (AvgIpc) is 2.41. The van der Waals surface area contributed by atoms with Gasteiger partial charge in [0.2, 0.25) is 0 Å². The molecule has 18 heavy (non-hydrogen) atoms. The number of nitrogens with zero attached hydrogens (tertiary/aromatic N) is 2. The lowest BCUT2D eigenvalue weighted by molar-refractivity contribution is 0.303. The number of likely N-dealkylation sites (N-methyl/N-ethyl adjacent to an activating group) is 1. The summed E-state index contributed by atoms with van der Waals surface area (Å²) >= 11 is 0. The Hall–Kier alpha value is -2.07. The van der Waals surface area contributed by atoms with Crippen LogP contribution in [-0.4, -0.2) is 30.3 Å². The van der Waals surface area contributed by atoms with Gasteiger partial charge in [-0.1, -0.05) is 18.2 Å². The fourth-order valence-corrected chi connectivity index (χ4v) is 1.62. The largest absolute Gasteiger partial charge is 0.453 e. The number of hydrogen-bond acceptors (Lipinski definition) is 4. The average molecular weight is 244 g/mol. The summed E-state index contributed by atoms with van der Waals surface area (Å²) in [5.74, 6) is 2.17. The molecule has 0 atom stereocenters. The molecule has 0 unspecified atom stereocenters. The maximum absolute atomic E-state index is 8.97. The monoisotopic (exact) mass is 244 g/mol. The molecular formula is C14H16N2O2. The molecule has 2 rings (SSSR count). The van der Waals surface area contributed by atoms with Crippen LogP contribution in [0.3, 0.4) is 0 Å². The molecule has 0 saturated carbocycles. The lowest BCUT2D eigenvalue weighted by Gasteiger charge is -2.19. The van der Waals surface area contributed by atoms with Gasteiger partial charge in [-0.3, -0.25) is 0 Å². The summed E-state index contributed by atoms with van der Waals surface area (Å²) < 4.78 is 5.79. The lowest BCUT2D eigenvalue weighted by Crippen LogP contribution is -2.22. The molecule has 4 heteroatoms. The highest BCUT2D eigenvalue weighted by atomic mass is 16.5. The van der Waals surface area contributed by atoms with Crippen molar-refractivity contribution in [1.82, 2.24) is 4.98 Å². The highest BCUT2D eigenvalue weighted by molar-refractivity contribution is 5.53. The first-order valence-corrected chi connectivity index (χ1v) is 5.81. The second-order valence-corrected chi connectivity index (χ2v) is 3.89. The van der Waals surface area contributed by atoms with E-state index in [2.05, 4.69) is 4.98 Å². The molecule has 1 aromatic heterocycles. The third kappa shape index (κ3) is 2.99. The van der Waals surface area contributed by atoms with Crippen LogP contribution in [0.2, 0.25) is 0 Å². The second kappa shape index (κ2) is 6.02. The summed E-state index contributed by atoms with van der Waals surface area (Å²) in [6.07, 6.45) is 1.71. The van der Waals surface area contributed by atoms with E-state index in [1.807, 2.05) is 54.4 Å². The van der Waals surface area contributed by atoms with E-state index in [0.717, 1.165) is 11.6 Å². The minimum atomic E-state index is 0.0812. The number of anilines is 1. The van der Waals surface area contributed by atoms with Crippen LogP contribution in [0.4, 0.5) is 5.82 Å². The topological polar surface area (TPSA) is 45.6 Å². The molecule has 1 heterocycles. The summed E-state index contributed by atoms with van der Waals surface area (Å²) in [6, 6.07) is 13.3. The molecule has 0 amide bonds. The summed E-state index contributed by atoms with van der Waals surface area (Å²) in [6.45, 7) is 0.597. The number of pyridine rings is 1. The van der Waals surface area contributed by atoms with Gasteiger partial charge < -0.3 is 14.7 Å². The van der Waals surface area contributed by atoms with Crippen molar-refractivity contribution in [3.8, 4) is 11.5 Å². The van der Waals surface area contributed by atoms with E-state index >= 15 is 0 Å². The Morgan fingerprint density at radius 3 is 2.67 bits per heavy atom. The van der Waals surface area contributed by atoms with Crippen LogP contribution in [0.5, 0.6) is 11.5 Å². The summed E-state index contributed by atoms with van der Waals surface area (Å²) in [5.41, 5.74) is 0. The third-order valence-electron chi connectivity index (χ3n) is 2.52. The van der Waals surface area contributed by atoms with E-state index in [0.29, 0.717) is 12.3 Å². The molecule has 0 aliphatic rings. The molecule has 94 valence electrons. The maximum atomic E-state index is 8.97. The Balaban J connectivity index is 2.22. The SMILES string of the molecule is CN(CCO)c1ncccc1Oc1ccccc1. The van der Waals surface area contributed by atoms with Crippen molar-refractivity contribution in [1.29, 1.82) is 0 Å². The van der Waals surface area contributed by atoms with Gasteiger partial charge in [-0.25, -0.2) is 4.98 Å². The van der Waals surface area contributed by atoms with E-state index in [-0.39, 0.29) is 6.61 Å². The Labute approximate surface area is 106 Å². The number of aliphatic hydroxyl groups excluding tert-OH is 1. The van der Waals surface area contributed by atoms with Crippen molar-refractivity contribution >= 4 is 5.82 Å². The molecule has 0 bridgehead atoms. The van der Waals surface area contributed by atoms with Crippen molar-refractivity contribution in [2.45, 2.75) is 0 Å². The molecule has 0 aliphatic carbocycles. The lowest BCUT2D eigenvalue weighted by atomic mass is 10.3. The first-order valence-electron chi connectivity index (χ1n) is 5.81. The minimum Gasteiger partial charge on any atom is -0.453 e. The fourth-order valence-electron chi connectivity index (χ4n) is 1.62. The van der Waals surface area contributed by atoms with Crippen LogP contribution in [0, 0.1) is 0 Å². The van der Waals surface area contributed by atoms with Crippen LogP contribution in [0.15, 0.2) is 48.7 Å². The van der Waals surface area contributed by atoms with Gasteiger partial charge in [0.25, 0.3) is 0 Å². The highest BCUT2D eigenvalue weighted by Crippen LogP contribution is 2.29. The number of aliphatic hydroxyl groups is 1. The number of hydrogen-bond donors (Lipinski definition) is 1. The van der Waals surface area contributed by atoms with Gasteiger partial charge in [0.05, 0.1) is 6.61 Å². The van der Waals surface area contributed by atoms with Gasteiger partial charge in [0.15, 0.2) is 11.6 Å². The fraction of sp³-hybridized carbons (Fsp3) is 0.214. The zero-order valence-corrected chi connectivity index (χ0v) is 10.3. The summed E-state index contributed by atoms with van der Waals surface area (Å²) in [7, 11) is 1.87. The van der Waals surface area contributed by atoms with Crippen molar-refractivity contribution in [2.24, 2.45) is 0 Å². The van der Waals surface area contributed by atoms with Gasteiger partial charge in [-0.15, -0.1) is 0 Å². The van der Waals surface area contributed by atoms with Crippen molar-refractivity contribution in [2.75, 3.05) is 25.1 Å². The van der Waals surface area contributed by atoms with Gasteiger partial charge in [0, 0.05) is 19.8 Å². The first-order chi connectivity index (χ1) is 8.81.